The average Bonchev–Trinajstić information content (AvgIpc) is 2.83. The van der Waals surface area contributed by atoms with Crippen LogP contribution < -0.4 is 0 Å². The molecule has 0 bridgehead atoms. The maximum Gasteiger partial charge on any atom is 0.123 e. The third kappa shape index (κ3) is 3.88. The lowest BCUT2D eigenvalue weighted by Crippen LogP contribution is -2.02. The van der Waals surface area contributed by atoms with Crippen LogP contribution in [0, 0.1) is 5.82 Å². The van der Waals surface area contributed by atoms with Crippen molar-refractivity contribution in [3.05, 3.63) is 59.7 Å². The first-order valence-electron chi connectivity index (χ1n) is 6.10. The summed E-state index contributed by atoms with van der Waals surface area (Å²) in [6.45, 7) is 4.83. The van der Waals surface area contributed by atoms with E-state index in [0.29, 0.717) is 0 Å². The average molecular weight is 257 g/mol. The second-order valence-electron chi connectivity index (χ2n) is 4.45. The topological polar surface area (TPSA) is 30.2 Å². The van der Waals surface area contributed by atoms with Gasteiger partial charge in [0, 0.05) is 6.20 Å². The van der Waals surface area contributed by atoms with Crippen molar-refractivity contribution < 1.29 is 4.39 Å². The Balaban J connectivity index is 2.13. The largest absolute Gasteiger partial charge is 0.260 e. The highest BCUT2D eigenvalue weighted by molar-refractivity contribution is 5.79. The van der Waals surface area contributed by atoms with E-state index in [0.717, 1.165) is 17.9 Å². The van der Waals surface area contributed by atoms with Gasteiger partial charge in [0.2, 0.25) is 0 Å². The van der Waals surface area contributed by atoms with E-state index in [-0.39, 0.29) is 5.82 Å². The third-order valence-corrected chi connectivity index (χ3v) is 2.59. The minimum atomic E-state index is -0.257. The molecule has 0 aliphatic carbocycles. The minimum absolute atomic E-state index is 0.257. The number of aliphatic imine (C=N–C) groups is 1. The maximum absolute atomic E-state index is 12.8. The first-order chi connectivity index (χ1) is 9.15. The van der Waals surface area contributed by atoms with Crippen molar-refractivity contribution in [2.75, 3.05) is 0 Å². The van der Waals surface area contributed by atoms with Gasteiger partial charge < -0.3 is 0 Å². The lowest BCUT2D eigenvalue weighted by atomic mass is 10.3. The van der Waals surface area contributed by atoms with Crippen LogP contribution in [0.2, 0.25) is 0 Å². The smallest absolute Gasteiger partial charge is 0.123 e. The molecule has 0 spiro atoms. The molecular weight excluding hydrogens is 241 g/mol. The zero-order valence-electron chi connectivity index (χ0n) is 11.0. The van der Waals surface area contributed by atoms with Crippen LogP contribution in [0.15, 0.2) is 53.2 Å². The molecule has 0 amide bonds. The third-order valence-electron chi connectivity index (χ3n) is 2.59. The van der Waals surface area contributed by atoms with E-state index in [1.165, 1.54) is 17.7 Å². The number of nitrogens with zero attached hydrogens (tertiary/aromatic N) is 3. The number of hydrogen-bond acceptors (Lipinski definition) is 2. The lowest BCUT2D eigenvalue weighted by molar-refractivity contribution is 0.628. The van der Waals surface area contributed by atoms with Gasteiger partial charge >= 0.3 is 0 Å². The van der Waals surface area contributed by atoms with Crippen LogP contribution in [0.5, 0.6) is 0 Å². The van der Waals surface area contributed by atoms with Crippen LogP contribution in [0.25, 0.3) is 0 Å². The van der Waals surface area contributed by atoms with Gasteiger partial charge in [-0.15, -0.1) is 0 Å². The summed E-state index contributed by atoms with van der Waals surface area (Å²) in [4.78, 5) is 4.30. The fourth-order valence-corrected chi connectivity index (χ4v) is 1.54. The van der Waals surface area contributed by atoms with E-state index < -0.39 is 0 Å². The molecule has 0 aliphatic rings. The normalized spacial score (nSPS) is 10.9. The molecule has 1 aromatic carbocycles. The van der Waals surface area contributed by atoms with Gasteiger partial charge in [-0.1, -0.05) is 11.6 Å². The van der Waals surface area contributed by atoms with Gasteiger partial charge in [-0.05, 0) is 44.2 Å². The molecule has 0 N–H and O–H groups in total. The Morgan fingerprint density at radius 3 is 2.68 bits per heavy atom. The van der Waals surface area contributed by atoms with Gasteiger partial charge in [0.1, 0.15) is 5.82 Å². The van der Waals surface area contributed by atoms with Crippen molar-refractivity contribution in [2.45, 2.75) is 20.4 Å². The van der Waals surface area contributed by atoms with Gasteiger partial charge in [-0.25, -0.2) is 4.39 Å². The lowest BCUT2D eigenvalue weighted by Gasteiger charge is -2.00. The maximum atomic E-state index is 12.8. The molecule has 19 heavy (non-hydrogen) atoms. The molecule has 0 aliphatic heterocycles. The molecule has 98 valence electrons. The molecule has 2 aromatic rings. The summed E-state index contributed by atoms with van der Waals surface area (Å²) in [6, 6.07) is 7.97. The zero-order chi connectivity index (χ0) is 13.7. The van der Waals surface area contributed by atoms with Crippen LogP contribution in [-0.2, 0) is 6.54 Å². The van der Waals surface area contributed by atoms with Crippen LogP contribution >= 0.6 is 0 Å². The second-order valence-corrected chi connectivity index (χ2v) is 4.45. The zero-order valence-corrected chi connectivity index (χ0v) is 11.0. The van der Waals surface area contributed by atoms with Crippen molar-refractivity contribution in [1.82, 2.24) is 9.78 Å². The quantitative estimate of drug-likeness (QED) is 0.606. The number of hydrogen-bond donors (Lipinski definition) is 0. The predicted octanol–water partition coefficient (Wildman–Crippen LogP) is 3.74. The summed E-state index contributed by atoms with van der Waals surface area (Å²) < 4.78 is 14.6. The molecule has 0 saturated heterocycles. The van der Waals surface area contributed by atoms with Crippen molar-refractivity contribution in [3.8, 4) is 0 Å². The standard InChI is InChI=1S/C15H16FN3/c1-12(2)8-10-19-15(7-9-18-19)11-17-14-5-3-13(16)4-6-14/h3-9,11H,10H2,1-2H3. The van der Waals surface area contributed by atoms with Crippen LogP contribution in [0.4, 0.5) is 10.1 Å². The molecule has 0 radical (unpaired) electrons. The Morgan fingerprint density at radius 1 is 1.26 bits per heavy atom. The Morgan fingerprint density at radius 2 is 2.00 bits per heavy atom. The second kappa shape index (κ2) is 6.09. The van der Waals surface area contributed by atoms with E-state index >= 15 is 0 Å². The Labute approximate surface area is 112 Å². The van der Waals surface area contributed by atoms with E-state index in [9.17, 15) is 4.39 Å². The monoisotopic (exact) mass is 257 g/mol. The fraction of sp³-hybridized carbons (Fsp3) is 0.200. The molecule has 0 unspecified atom stereocenters. The number of allylic oxidation sites excluding steroid dienone is 2. The molecule has 0 saturated carbocycles. The van der Waals surface area contributed by atoms with Gasteiger partial charge in [-0.2, -0.15) is 5.10 Å². The molecule has 4 heteroatoms. The summed E-state index contributed by atoms with van der Waals surface area (Å²) in [5.41, 5.74) is 2.88. The van der Waals surface area contributed by atoms with E-state index in [1.54, 1.807) is 24.5 Å². The van der Waals surface area contributed by atoms with Gasteiger partial charge in [0.25, 0.3) is 0 Å². The number of benzene rings is 1. The highest BCUT2D eigenvalue weighted by atomic mass is 19.1. The molecular formula is C15H16FN3. The van der Waals surface area contributed by atoms with Crippen molar-refractivity contribution in [1.29, 1.82) is 0 Å². The highest BCUT2D eigenvalue weighted by Crippen LogP contribution is 2.12. The number of rotatable bonds is 4. The van der Waals surface area contributed by atoms with Gasteiger partial charge in [-0.3, -0.25) is 9.67 Å². The van der Waals surface area contributed by atoms with Crippen molar-refractivity contribution >= 4 is 11.9 Å². The molecule has 1 aromatic heterocycles. The number of halogens is 1. The Bertz CT molecular complexity index is 590. The van der Waals surface area contributed by atoms with Gasteiger partial charge in [0.05, 0.1) is 24.1 Å². The van der Waals surface area contributed by atoms with Crippen LogP contribution in [-0.4, -0.2) is 16.0 Å². The highest BCUT2D eigenvalue weighted by Gasteiger charge is 1.98. The molecule has 1 heterocycles. The summed E-state index contributed by atoms with van der Waals surface area (Å²) in [7, 11) is 0. The molecule has 0 fully saturated rings. The number of aromatic nitrogens is 2. The summed E-state index contributed by atoms with van der Waals surface area (Å²) >= 11 is 0. The first-order valence-corrected chi connectivity index (χ1v) is 6.10. The summed E-state index contributed by atoms with van der Waals surface area (Å²) in [5, 5.41) is 4.24. The van der Waals surface area contributed by atoms with Gasteiger partial charge in [0.15, 0.2) is 0 Å². The first kappa shape index (κ1) is 13.2. The van der Waals surface area contributed by atoms with Crippen molar-refractivity contribution in [3.63, 3.8) is 0 Å². The van der Waals surface area contributed by atoms with E-state index in [1.807, 2.05) is 10.7 Å². The van der Waals surface area contributed by atoms with E-state index in [4.69, 9.17) is 0 Å². The fourth-order valence-electron chi connectivity index (χ4n) is 1.54. The minimum Gasteiger partial charge on any atom is -0.260 e. The Kier molecular flexibility index (Phi) is 4.23. The van der Waals surface area contributed by atoms with Crippen LogP contribution in [0.3, 0.4) is 0 Å². The van der Waals surface area contributed by atoms with E-state index in [2.05, 4.69) is 30.0 Å². The predicted molar refractivity (Wildman–Crippen MR) is 75.3 cm³/mol. The van der Waals surface area contributed by atoms with Crippen LogP contribution in [0.1, 0.15) is 19.5 Å². The molecule has 2 rings (SSSR count). The SMILES string of the molecule is CC(C)=CCn1nccc1C=Nc1ccc(F)cc1. The summed E-state index contributed by atoms with van der Waals surface area (Å²) in [6.07, 6.45) is 5.58. The Hall–Kier alpha value is -2.23. The molecule has 0 atom stereocenters. The molecule has 3 nitrogen and oxygen atoms in total. The summed E-state index contributed by atoms with van der Waals surface area (Å²) in [5.74, 6) is -0.257. The van der Waals surface area contributed by atoms with Crippen molar-refractivity contribution in [2.24, 2.45) is 4.99 Å².